The number of hydrogen-bond acceptors (Lipinski definition) is 8. The third kappa shape index (κ3) is 7.04. The maximum absolute atomic E-state index is 13.5. The summed E-state index contributed by atoms with van der Waals surface area (Å²) in [7, 11) is 0. The van der Waals surface area contributed by atoms with E-state index in [0.29, 0.717) is 40.2 Å². The Morgan fingerprint density at radius 2 is 2.08 bits per heavy atom. The van der Waals surface area contributed by atoms with E-state index in [2.05, 4.69) is 42.9 Å². The Hall–Kier alpha value is -4.23. The summed E-state index contributed by atoms with van der Waals surface area (Å²) in [5.41, 5.74) is 3.49. The molecule has 1 aliphatic heterocycles. The Bertz CT molecular complexity index is 1580. The number of ether oxygens (including phenoxy) is 1. The molecule has 3 aromatic carbocycles. The molecule has 0 spiro atoms. The minimum absolute atomic E-state index is 0.194. The molecular weight excluding hydrogens is 531 g/mol. The summed E-state index contributed by atoms with van der Waals surface area (Å²) >= 11 is 6.49. The van der Waals surface area contributed by atoms with Crippen molar-refractivity contribution in [1.29, 1.82) is 0 Å². The van der Waals surface area contributed by atoms with Gasteiger partial charge in [-0.3, -0.25) is 0 Å². The average Bonchev–Trinajstić information content (AvgIpc) is 2.97. The highest BCUT2D eigenvalue weighted by Crippen LogP contribution is 2.31. The van der Waals surface area contributed by atoms with E-state index in [1.165, 1.54) is 18.5 Å². The van der Waals surface area contributed by atoms with Gasteiger partial charge in [0.1, 0.15) is 36.9 Å². The minimum Gasteiger partial charge on any atom is -0.487 e. The number of nitrogens with zero attached hydrogens (tertiary/aromatic N) is 3. The van der Waals surface area contributed by atoms with Crippen molar-refractivity contribution < 1.29 is 14.0 Å². The van der Waals surface area contributed by atoms with Gasteiger partial charge in [0.15, 0.2) is 5.71 Å². The van der Waals surface area contributed by atoms with Crippen molar-refractivity contribution in [2.24, 2.45) is 5.16 Å². The first-order chi connectivity index (χ1) is 19.6. The Labute approximate surface area is 237 Å². The lowest BCUT2D eigenvalue weighted by Crippen LogP contribution is -2.50. The molecule has 5 rings (SSSR count). The van der Waals surface area contributed by atoms with E-state index < -0.39 is 0 Å². The first-order valence-corrected chi connectivity index (χ1v) is 13.2. The van der Waals surface area contributed by atoms with E-state index in [9.17, 15) is 4.39 Å². The van der Waals surface area contributed by atoms with Gasteiger partial charge in [0.25, 0.3) is 0 Å². The zero-order valence-electron chi connectivity index (χ0n) is 21.9. The molecule has 1 fully saturated rings. The molecule has 1 saturated heterocycles. The Balaban J connectivity index is 1.33. The molecule has 2 heterocycles. The van der Waals surface area contributed by atoms with Crippen LogP contribution in [0.2, 0.25) is 5.02 Å². The van der Waals surface area contributed by atoms with Crippen LogP contribution in [-0.4, -0.2) is 48.0 Å². The molecule has 0 saturated carbocycles. The summed E-state index contributed by atoms with van der Waals surface area (Å²) in [6.07, 6.45) is 1.50. The largest absolute Gasteiger partial charge is 0.487 e. The summed E-state index contributed by atoms with van der Waals surface area (Å²) < 4.78 is 19.2. The van der Waals surface area contributed by atoms with Crippen molar-refractivity contribution in [2.75, 3.05) is 31.6 Å². The normalized spacial score (nSPS) is 15.3. The summed E-state index contributed by atoms with van der Waals surface area (Å²) in [5.74, 6) is 6.72. The van der Waals surface area contributed by atoms with Crippen LogP contribution in [0.25, 0.3) is 10.9 Å². The zero-order chi connectivity index (χ0) is 27.7. The molecule has 1 aliphatic rings. The number of rotatable bonds is 9. The molecule has 3 N–H and O–H groups in total. The monoisotopic (exact) mass is 558 g/mol. The van der Waals surface area contributed by atoms with Gasteiger partial charge in [-0.2, -0.15) is 0 Å². The van der Waals surface area contributed by atoms with Crippen LogP contribution in [0.1, 0.15) is 18.1 Å². The predicted octanol–water partition coefficient (Wildman–Crippen LogP) is 5.05. The first kappa shape index (κ1) is 27.3. The Kier molecular flexibility index (Phi) is 9.04. The second-order valence-electron chi connectivity index (χ2n) is 9.11. The molecule has 8 nitrogen and oxygen atoms in total. The van der Waals surface area contributed by atoms with Crippen LogP contribution in [-0.2, 0) is 11.4 Å². The number of piperazine rings is 1. The van der Waals surface area contributed by atoms with Gasteiger partial charge < -0.3 is 25.5 Å². The molecule has 10 heteroatoms. The van der Waals surface area contributed by atoms with Crippen molar-refractivity contribution in [1.82, 2.24) is 20.6 Å². The van der Waals surface area contributed by atoms with E-state index in [-0.39, 0.29) is 18.5 Å². The summed E-state index contributed by atoms with van der Waals surface area (Å²) in [6.45, 7) is 5.07. The third-order valence-corrected chi connectivity index (χ3v) is 6.48. The minimum atomic E-state index is -0.311. The molecule has 1 aromatic heterocycles. The van der Waals surface area contributed by atoms with Gasteiger partial charge in [0.05, 0.1) is 16.6 Å². The lowest BCUT2D eigenvalue weighted by molar-refractivity contribution is 0.115. The van der Waals surface area contributed by atoms with Gasteiger partial charge in [-0.15, -0.1) is 0 Å². The standard InChI is InChI=1S/C30H28ClFN6O2/c1-2-4-27(38-40-18-24-16-33-11-12-34-24)21-7-9-28-25(14-21)30(36-19-35-28)37-23-8-10-29(26(31)15-23)39-17-20-5-3-6-22(32)13-20/h3,5-10,13-15,19,24,33-34H,11-12,16-18H2,1H3,(H,35,36,37)/b38-27+. The van der Waals surface area contributed by atoms with E-state index in [4.69, 9.17) is 21.2 Å². The summed E-state index contributed by atoms with van der Waals surface area (Å²) in [5, 5.41) is 15.6. The van der Waals surface area contributed by atoms with Gasteiger partial charge in [0.2, 0.25) is 0 Å². The van der Waals surface area contributed by atoms with Crippen molar-refractivity contribution >= 4 is 39.7 Å². The van der Waals surface area contributed by atoms with Crippen LogP contribution in [0, 0.1) is 17.7 Å². The average molecular weight is 559 g/mol. The van der Waals surface area contributed by atoms with Gasteiger partial charge >= 0.3 is 0 Å². The number of oxime groups is 1. The van der Waals surface area contributed by atoms with Crippen LogP contribution in [0.5, 0.6) is 5.75 Å². The fraction of sp³-hybridized carbons (Fsp3) is 0.233. The van der Waals surface area contributed by atoms with Crippen molar-refractivity contribution in [2.45, 2.75) is 19.6 Å². The van der Waals surface area contributed by atoms with E-state index in [0.717, 1.165) is 36.1 Å². The van der Waals surface area contributed by atoms with Crippen LogP contribution >= 0.6 is 11.6 Å². The van der Waals surface area contributed by atoms with Crippen LogP contribution < -0.4 is 20.7 Å². The summed E-state index contributed by atoms with van der Waals surface area (Å²) in [4.78, 5) is 14.5. The smallest absolute Gasteiger partial charge is 0.159 e. The van der Waals surface area contributed by atoms with Gasteiger partial charge in [-0.25, -0.2) is 14.4 Å². The van der Waals surface area contributed by atoms with Crippen LogP contribution in [0.15, 0.2) is 72.1 Å². The molecular formula is C30H28ClFN6O2. The number of benzene rings is 3. The highest BCUT2D eigenvalue weighted by atomic mass is 35.5. The number of nitrogens with one attached hydrogen (secondary N) is 3. The fourth-order valence-electron chi connectivity index (χ4n) is 4.21. The topological polar surface area (TPSA) is 92.7 Å². The van der Waals surface area contributed by atoms with Crippen molar-refractivity contribution in [3.63, 3.8) is 0 Å². The van der Waals surface area contributed by atoms with Gasteiger partial charge in [-0.1, -0.05) is 34.8 Å². The summed E-state index contributed by atoms with van der Waals surface area (Å²) in [6, 6.07) is 17.5. The van der Waals surface area contributed by atoms with E-state index in [1.54, 1.807) is 31.2 Å². The fourth-order valence-corrected chi connectivity index (χ4v) is 4.45. The highest BCUT2D eigenvalue weighted by Gasteiger charge is 2.14. The van der Waals surface area contributed by atoms with Gasteiger partial charge in [0, 0.05) is 36.3 Å². The molecule has 1 atom stereocenters. The zero-order valence-corrected chi connectivity index (χ0v) is 22.6. The Morgan fingerprint density at radius 3 is 2.88 bits per heavy atom. The molecule has 0 amide bonds. The van der Waals surface area contributed by atoms with E-state index in [1.807, 2.05) is 24.3 Å². The van der Waals surface area contributed by atoms with Crippen molar-refractivity contribution in [3.8, 4) is 17.6 Å². The van der Waals surface area contributed by atoms with E-state index >= 15 is 0 Å². The van der Waals surface area contributed by atoms with Crippen LogP contribution in [0.3, 0.4) is 0 Å². The van der Waals surface area contributed by atoms with Crippen LogP contribution in [0.4, 0.5) is 15.9 Å². The number of aromatic nitrogens is 2. The Morgan fingerprint density at radius 1 is 1.15 bits per heavy atom. The predicted molar refractivity (Wildman–Crippen MR) is 156 cm³/mol. The second-order valence-corrected chi connectivity index (χ2v) is 9.52. The molecule has 1 unspecified atom stereocenters. The second kappa shape index (κ2) is 13.2. The number of fused-ring (bicyclic) bond motifs is 1. The first-order valence-electron chi connectivity index (χ1n) is 12.8. The molecule has 0 radical (unpaired) electrons. The molecule has 4 aromatic rings. The lowest BCUT2D eigenvalue weighted by Gasteiger charge is -2.23. The number of halogens is 2. The quantitative estimate of drug-likeness (QED) is 0.150. The van der Waals surface area contributed by atoms with Gasteiger partial charge in [-0.05, 0) is 66.9 Å². The molecule has 0 bridgehead atoms. The lowest BCUT2D eigenvalue weighted by atomic mass is 10.1. The highest BCUT2D eigenvalue weighted by molar-refractivity contribution is 6.32. The SMILES string of the molecule is CC#C/C(=N\OCC1CNCCN1)c1ccc2ncnc(Nc3ccc(OCc4cccc(F)c4)c(Cl)c3)c2c1. The number of anilines is 2. The number of hydrogen-bond donors (Lipinski definition) is 3. The molecule has 0 aliphatic carbocycles. The third-order valence-electron chi connectivity index (χ3n) is 6.19. The maximum Gasteiger partial charge on any atom is 0.159 e. The maximum atomic E-state index is 13.5. The van der Waals surface area contributed by atoms with Crippen molar-refractivity contribution in [3.05, 3.63) is 89.0 Å². The molecule has 204 valence electrons. The molecule has 40 heavy (non-hydrogen) atoms.